The van der Waals surface area contributed by atoms with Crippen LogP contribution in [0.25, 0.3) is 16.7 Å². The Hall–Kier alpha value is -2.91. The fraction of sp³-hybridized carbons (Fsp3) is 0.174. The lowest BCUT2D eigenvalue weighted by Crippen LogP contribution is -2.34. The standard InChI is InChI=1S/C23H22N2O/c26-22-16-24-15-20(23(22)18-9-5-2-6-10-18)14-21-13-19(11-12-25-21)17-7-3-1-4-8-17/h1-11,15-16,21,25-26H,12-14H2. The van der Waals surface area contributed by atoms with Gasteiger partial charge in [-0.2, -0.15) is 0 Å². The van der Waals surface area contributed by atoms with Crippen LogP contribution in [0.2, 0.25) is 0 Å². The topological polar surface area (TPSA) is 45.2 Å². The summed E-state index contributed by atoms with van der Waals surface area (Å²) in [5, 5.41) is 14.0. The molecule has 1 atom stereocenters. The van der Waals surface area contributed by atoms with Crippen LogP contribution in [0.4, 0.5) is 0 Å². The Morgan fingerprint density at radius 1 is 0.923 bits per heavy atom. The van der Waals surface area contributed by atoms with Gasteiger partial charge < -0.3 is 10.4 Å². The van der Waals surface area contributed by atoms with Crippen molar-refractivity contribution in [3.8, 4) is 16.9 Å². The smallest absolute Gasteiger partial charge is 0.141 e. The van der Waals surface area contributed by atoms with Gasteiger partial charge in [-0.25, -0.2) is 0 Å². The van der Waals surface area contributed by atoms with Gasteiger partial charge in [0.2, 0.25) is 0 Å². The number of benzene rings is 2. The van der Waals surface area contributed by atoms with Gasteiger partial charge >= 0.3 is 0 Å². The molecule has 1 unspecified atom stereocenters. The van der Waals surface area contributed by atoms with E-state index in [0.717, 1.165) is 36.1 Å². The third kappa shape index (κ3) is 3.53. The Bertz CT molecular complexity index is 904. The van der Waals surface area contributed by atoms with Crippen molar-refractivity contribution in [3.05, 3.63) is 90.3 Å². The third-order valence-corrected chi connectivity index (χ3v) is 4.90. The van der Waals surface area contributed by atoms with E-state index in [1.165, 1.54) is 17.3 Å². The van der Waals surface area contributed by atoms with Gasteiger partial charge in [0, 0.05) is 24.3 Å². The second-order valence-electron chi connectivity index (χ2n) is 6.67. The molecule has 0 amide bonds. The minimum atomic E-state index is 0.239. The first-order valence-corrected chi connectivity index (χ1v) is 9.00. The largest absolute Gasteiger partial charge is 0.506 e. The summed E-state index contributed by atoms with van der Waals surface area (Å²) in [5.74, 6) is 0.239. The minimum absolute atomic E-state index is 0.239. The van der Waals surface area contributed by atoms with Crippen molar-refractivity contribution in [3.63, 3.8) is 0 Å². The zero-order chi connectivity index (χ0) is 17.8. The van der Waals surface area contributed by atoms with E-state index in [2.05, 4.69) is 40.6 Å². The maximum Gasteiger partial charge on any atom is 0.141 e. The second-order valence-corrected chi connectivity index (χ2v) is 6.67. The third-order valence-electron chi connectivity index (χ3n) is 4.90. The Morgan fingerprint density at radius 3 is 2.35 bits per heavy atom. The zero-order valence-corrected chi connectivity index (χ0v) is 14.6. The van der Waals surface area contributed by atoms with Crippen LogP contribution in [0.3, 0.4) is 0 Å². The number of aromatic hydroxyl groups is 1. The molecule has 0 bridgehead atoms. The van der Waals surface area contributed by atoms with Gasteiger partial charge in [0.05, 0.1) is 6.20 Å². The minimum Gasteiger partial charge on any atom is -0.506 e. The number of hydrogen-bond acceptors (Lipinski definition) is 3. The monoisotopic (exact) mass is 342 g/mol. The zero-order valence-electron chi connectivity index (χ0n) is 14.6. The summed E-state index contributed by atoms with van der Waals surface area (Å²) in [4.78, 5) is 4.22. The van der Waals surface area contributed by atoms with Crippen molar-refractivity contribution in [1.29, 1.82) is 0 Å². The number of rotatable bonds is 4. The van der Waals surface area contributed by atoms with Crippen LogP contribution in [0, 0.1) is 0 Å². The summed E-state index contributed by atoms with van der Waals surface area (Å²) in [6, 6.07) is 20.9. The highest BCUT2D eigenvalue weighted by Crippen LogP contribution is 2.33. The number of hydrogen-bond donors (Lipinski definition) is 2. The number of aromatic nitrogens is 1. The molecule has 3 aromatic rings. The first-order chi connectivity index (χ1) is 12.8. The molecular formula is C23H22N2O. The summed E-state index contributed by atoms with van der Waals surface area (Å²) in [6.45, 7) is 0.863. The number of nitrogens with one attached hydrogen (secondary N) is 1. The quantitative estimate of drug-likeness (QED) is 0.737. The molecule has 1 aromatic heterocycles. The average molecular weight is 342 g/mol. The first kappa shape index (κ1) is 16.6. The second kappa shape index (κ2) is 7.54. The van der Waals surface area contributed by atoms with Crippen LogP contribution in [0.15, 0.2) is 79.1 Å². The molecule has 0 spiro atoms. The summed E-state index contributed by atoms with van der Waals surface area (Å²) in [5.41, 5.74) is 5.65. The summed E-state index contributed by atoms with van der Waals surface area (Å²) in [7, 11) is 0. The number of pyridine rings is 1. The molecule has 0 saturated carbocycles. The molecule has 2 heterocycles. The number of nitrogens with zero attached hydrogens (tertiary/aromatic N) is 1. The molecule has 0 radical (unpaired) electrons. The Kier molecular flexibility index (Phi) is 4.80. The maximum absolute atomic E-state index is 10.4. The van der Waals surface area contributed by atoms with E-state index >= 15 is 0 Å². The van der Waals surface area contributed by atoms with Gasteiger partial charge in [-0.1, -0.05) is 66.7 Å². The van der Waals surface area contributed by atoms with E-state index < -0.39 is 0 Å². The summed E-state index contributed by atoms with van der Waals surface area (Å²) >= 11 is 0. The Balaban J connectivity index is 1.59. The van der Waals surface area contributed by atoms with Gasteiger partial charge in [-0.05, 0) is 35.1 Å². The van der Waals surface area contributed by atoms with Crippen LogP contribution in [-0.2, 0) is 6.42 Å². The van der Waals surface area contributed by atoms with Crippen molar-refractivity contribution in [2.24, 2.45) is 0 Å². The molecule has 1 aliphatic rings. The van der Waals surface area contributed by atoms with Crippen LogP contribution >= 0.6 is 0 Å². The first-order valence-electron chi connectivity index (χ1n) is 9.00. The summed E-state index contributed by atoms with van der Waals surface area (Å²) in [6.07, 6.45) is 7.47. The molecule has 2 N–H and O–H groups in total. The van der Waals surface area contributed by atoms with Crippen LogP contribution in [-0.4, -0.2) is 22.7 Å². The van der Waals surface area contributed by atoms with E-state index in [-0.39, 0.29) is 5.75 Å². The van der Waals surface area contributed by atoms with E-state index in [9.17, 15) is 5.11 Å². The van der Waals surface area contributed by atoms with Crippen molar-refractivity contribution >= 4 is 5.57 Å². The molecule has 2 aromatic carbocycles. The van der Waals surface area contributed by atoms with E-state index in [4.69, 9.17) is 0 Å². The van der Waals surface area contributed by atoms with Crippen LogP contribution in [0.5, 0.6) is 5.75 Å². The Morgan fingerprint density at radius 2 is 1.62 bits per heavy atom. The molecule has 0 saturated heterocycles. The van der Waals surface area contributed by atoms with Gasteiger partial charge in [-0.3, -0.25) is 4.98 Å². The van der Waals surface area contributed by atoms with Gasteiger partial charge in [0.15, 0.2) is 0 Å². The van der Waals surface area contributed by atoms with Gasteiger partial charge in [0.25, 0.3) is 0 Å². The molecule has 0 fully saturated rings. The lowest BCUT2D eigenvalue weighted by molar-refractivity contribution is 0.472. The SMILES string of the molecule is Oc1cncc(CC2CC(c3ccccc3)=CCN2)c1-c1ccccc1. The van der Waals surface area contributed by atoms with Crippen molar-refractivity contribution in [1.82, 2.24) is 10.3 Å². The lowest BCUT2D eigenvalue weighted by atomic mass is 9.90. The Labute approximate surface area is 154 Å². The van der Waals surface area contributed by atoms with Crippen LogP contribution < -0.4 is 5.32 Å². The molecule has 3 heteroatoms. The van der Waals surface area contributed by atoms with Gasteiger partial charge in [0.1, 0.15) is 5.75 Å². The molecule has 26 heavy (non-hydrogen) atoms. The van der Waals surface area contributed by atoms with Crippen LogP contribution in [0.1, 0.15) is 17.5 Å². The van der Waals surface area contributed by atoms with E-state index in [0.29, 0.717) is 6.04 Å². The van der Waals surface area contributed by atoms with Crippen molar-refractivity contribution in [2.45, 2.75) is 18.9 Å². The lowest BCUT2D eigenvalue weighted by Gasteiger charge is -2.25. The maximum atomic E-state index is 10.4. The molecule has 1 aliphatic heterocycles. The fourth-order valence-corrected chi connectivity index (χ4v) is 3.65. The highest BCUT2D eigenvalue weighted by Gasteiger charge is 2.19. The van der Waals surface area contributed by atoms with Crippen molar-refractivity contribution in [2.75, 3.05) is 6.54 Å². The molecule has 4 rings (SSSR count). The molecule has 0 aliphatic carbocycles. The molecular weight excluding hydrogens is 320 g/mol. The highest BCUT2D eigenvalue weighted by molar-refractivity contribution is 5.73. The van der Waals surface area contributed by atoms with Crippen molar-refractivity contribution < 1.29 is 5.11 Å². The summed E-state index contributed by atoms with van der Waals surface area (Å²) < 4.78 is 0. The van der Waals surface area contributed by atoms with Gasteiger partial charge in [-0.15, -0.1) is 0 Å². The molecule has 130 valence electrons. The normalized spacial score (nSPS) is 16.9. The fourth-order valence-electron chi connectivity index (χ4n) is 3.65. The molecule has 3 nitrogen and oxygen atoms in total. The predicted octanol–water partition coefficient (Wildman–Crippen LogP) is 4.44. The van der Waals surface area contributed by atoms with E-state index in [1.54, 1.807) is 0 Å². The predicted molar refractivity (Wildman–Crippen MR) is 106 cm³/mol. The highest BCUT2D eigenvalue weighted by atomic mass is 16.3. The van der Waals surface area contributed by atoms with E-state index in [1.807, 2.05) is 42.6 Å². The average Bonchev–Trinajstić information content (AvgIpc) is 2.70.